The molecule has 112 valence electrons. The molecule has 0 aliphatic carbocycles. The molecule has 2 saturated heterocycles. The Hall–Kier alpha value is 0.110. The normalized spacial score (nSPS) is 30.6. The van der Waals surface area contributed by atoms with E-state index in [1.165, 1.54) is 0 Å². The lowest BCUT2D eigenvalue weighted by Gasteiger charge is -2.41. The van der Waals surface area contributed by atoms with Crippen molar-refractivity contribution < 1.29 is 10.2 Å². The standard InChI is InChI=1S/C12H26N4O2S/c17-7-5-15-3-1-13-9-11(15)19-12-10-14-2-4-16(12)6-8-18/h11-14,17-18H,1-10H2. The average molecular weight is 290 g/mol. The number of aliphatic hydroxyl groups excluding tert-OH is 2. The molecule has 0 amide bonds. The van der Waals surface area contributed by atoms with Gasteiger partial charge in [0.15, 0.2) is 0 Å². The molecule has 7 heteroatoms. The van der Waals surface area contributed by atoms with Crippen LogP contribution < -0.4 is 10.6 Å². The molecule has 6 nitrogen and oxygen atoms in total. The molecular formula is C12H26N4O2S. The molecule has 0 aromatic heterocycles. The van der Waals surface area contributed by atoms with Crippen LogP contribution in [0.5, 0.6) is 0 Å². The zero-order valence-electron chi connectivity index (χ0n) is 11.4. The van der Waals surface area contributed by atoms with Crippen molar-refractivity contribution in [2.45, 2.75) is 10.7 Å². The summed E-state index contributed by atoms with van der Waals surface area (Å²) in [4.78, 5) is 4.71. The van der Waals surface area contributed by atoms with Crippen LogP contribution in [0.1, 0.15) is 0 Å². The molecule has 0 radical (unpaired) electrons. The van der Waals surface area contributed by atoms with Crippen LogP contribution in [0.2, 0.25) is 0 Å². The van der Waals surface area contributed by atoms with Crippen LogP contribution in [0.3, 0.4) is 0 Å². The molecule has 2 unspecified atom stereocenters. The van der Waals surface area contributed by atoms with Gasteiger partial charge in [0, 0.05) is 52.4 Å². The number of piperazine rings is 2. The molecule has 0 spiro atoms. The number of hydrogen-bond donors (Lipinski definition) is 4. The van der Waals surface area contributed by atoms with Crippen LogP contribution >= 0.6 is 11.8 Å². The Labute approximate surface area is 119 Å². The summed E-state index contributed by atoms with van der Waals surface area (Å²) in [6, 6.07) is 0. The minimum atomic E-state index is 0.223. The van der Waals surface area contributed by atoms with E-state index in [1.54, 1.807) is 0 Å². The predicted octanol–water partition coefficient (Wildman–Crippen LogP) is -1.83. The zero-order chi connectivity index (χ0) is 13.5. The lowest BCUT2D eigenvalue weighted by molar-refractivity contribution is 0.154. The summed E-state index contributed by atoms with van der Waals surface area (Å²) < 4.78 is 0. The zero-order valence-corrected chi connectivity index (χ0v) is 12.2. The first-order valence-electron chi connectivity index (χ1n) is 7.12. The van der Waals surface area contributed by atoms with Crippen molar-refractivity contribution in [1.29, 1.82) is 0 Å². The van der Waals surface area contributed by atoms with E-state index < -0.39 is 0 Å². The molecule has 2 aliphatic rings. The highest BCUT2D eigenvalue weighted by Gasteiger charge is 2.29. The van der Waals surface area contributed by atoms with Crippen LogP contribution in [0.15, 0.2) is 0 Å². The molecule has 2 heterocycles. The number of aliphatic hydroxyl groups is 2. The van der Waals surface area contributed by atoms with Crippen LogP contribution in [0, 0.1) is 0 Å². The van der Waals surface area contributed by atoms with Crippen molar-refractivity contribution >= 4 is 11.8 Å². The molecule has 19 heavy (non-hydrogen) atoms. The monoisotopic (exact) mass is 290 g/mol. The summed E-state index contributed by atoms with van der Waals surface area (Å²) in [7, 11) is 0. The molecule has 2 fully saturated rings. The molecule has 2 aliphatic heterocycles. The van der Waals surface area contributed by atoms with Gasteiger partial charge in [-0.15, -0.1) is 11.8 Å². The fourth-order valence-electron chi connectivity index (χ4n) is 2.66. The van der Waals surface area contributed by atoms with E-state index in [1.807, 2.05) is 11.8 Å². The SMILES string of the molecule is OCCN1CCNCC1SC1CNCCN1CCO. The van der Waals surface area contributed by atoms with Crippen molar-refractivity contribution in [1.82, 2.24) is 20.4 Å². The predicted molar refractivity (Wildman–Crippen MR) is 78.2 cm³/mol. The van der Waals surface area contributed by atoms with Gasteiger partial charge in [-0.05, 0) is 0 Å². The van der Waals surface area contributed by atoms with Gasteiger partial charge in [-0.25, -0.2) is 0 Å². The fourth-order valence-corrected chi connectivity index (χ4v) is 4.22. The summed E-state index contributed by atoms with van der Waals surface area (Å²) in [6.07, 6.45) is 0. The van der Waals surface area contributed by atoms with E-state index in [0.717, 1.165) is 52.4 Å². The van der Waals surface area contributed by atoms with Crippen LogP contribution in [-0.2, 0) is 0 Å². The Morgan fingerprint density at radius 1 is 0.895 bits per heavy atom. The Morgan fingerprint density at radius 3 is 1.79 bits per heavy atom. The number of nitrogens with zero attached hydrogens (tertiary/aromatic N) is 2. The topological polar surface area (TPSA) is 71.0 Å². The van der Waals surface area contributed by atoms with Crippen molar-refractivity contribution in [2.24, 2.45) is 0 Å². The van der Waals surface area contributed by atoms with E-state index in [9.17, 15) is 0 Å². The number of nitrogens with one attached hydrogen (secondary N) is 2. The third-order valence-corrected chi connectivity index (χ3v) is 5.25. The first-order valence-corrected chi connectivity index (χ1v) is 8.06. The minimum absolute atomic E-state index is 0.223. The molecule has 0 aromatic carbocycles. The summed E-state index contributed by atoms with van der Waals surface area (Å²) in [5.41, 5.74) is 0. The maximum Gasteiger partial charge on any atom is 0.0701 e. The van der Waals surface area contributed by atoms with Crippen molar-refractivity contribution in [2.75, 3.05) is 65.6 Å². The second-order valence-corrected chi connectivity index (χ2v) is 6.33. The van der Waals surface area contributed by atoms with E-state index in [-0.39, 0.29) is 13.2 Å². The van der Waals surface area contributed by atoms with Crippen LogP contribution in [0.25, 0.3) is 0 Å². The summed E-state index contributed by atoms with van der Waals surface area (Å²) in [5, 5.41) is 26.0. The quantitative estimate of drug-likeness (QED) is 0.458. The van der Waals surface area contributed by atoms with E-state index in [0.29, 0.717) is 10.7 Å². The van der Waals surface area contributed by atoms with Crippen molar-refractivity contribution in [3.63, 3.8) is 0 Å². The number of thioether (sulfide) groups is 1. The summed E-state index contributed by atoms with van der Waals surface area (Å²) in [6.45, 7) is 7.87. The third kappa shape index (κ3) is 4.56. The first kappa shape index (κ1) is 15.5. The second-order valence-electron chi connectivity index (χ2n) is 4.97. The largest absolute Gasteiger partial charge is 0.395 e. The van der Waals surface area contributed by atoms with Gasteiger partial charge in [0.2, 0.25) is 0 Å². The summed E-state index contributed by atoms with van der Waals surface area (Å²) in [5.74, 6) is 0. The van der Waals surface area contributed by atoms with Gasteiger partial charge in [-0.3, -0.25) is 9.80 Å². The van der Waals surface area contributed by atoms with E-state index >= 15 is 0 Å². The van der Waals surface area contributed by atoms with Gasteiger partial charge in [-0.1, -0.05) is 0 Å². The highest BCUT2D eigenvalue weighted by Crippen LogP contribution is 2.25. The molecule has 0 saturated carbocycles. The lowest BCUT2D eigenvalue weighted by Crippen LogP contribution is -2.55. The van der Waals surface area contributed by atoms with Gasteiger partial charge < -0.3 is 20.8 Å². The Bertz CT molecular complexity index is 232. The van der Waals surface area contributed by atoms with Crippen LogP contribution in [0.4, 0.5) is 0 Å². The van der Waals surface area contributed by atoms with Gasteiger partial charge in [0.05, 0.1) is 24.0 Å². The third-order valence-electron chi connectivity index (χ3n) is 3.69. The highest BCUT2D eigenvalue weighted by atomic mass is 32.2. The molecular weight excluding hydrogens is 264 g/mol. The van der Waals surface area contributed by atoms with E-state index in [2.05, 4.69) is 20.4 Å². The fraction of sp³-hybridized carbons (Fsp3) is 1.00. The average Bonchev–Trinajstić information content (AvgIpc) is 2.44. The summed E-state index contributed by atoms with van der Waals surface area (Å²) >= 11 is 1.94. The molecule has 4 N–H and O–H groups in total. The maximum atomic E-state index is 9.15. The van der Waals surface area contributed by atoms with Gasteiger partial charge in [-0.2, -0.15) is 0 Å². The number of hydrogen-bond acceptors (Lipinski definition) is 7. The van der Waals surface area contributed by atoms with Crippen LogP contribution in [-0.4, -0.2) is 96.3 Å². The molecule has 2 rings (SSSR count). The smallest absolute Gasteiger partial charge is 0.0701 e. The first-order chi connectivity index (χ1) is 9.35. The Morgan fingerprint density at radius 2 is 1.37 bits per heavy atom. The second kappa shape index (κ2) is 8.41. The lowest BCUT2D eigenvalue weighted by atomic mass is 10.3. The Kier molecular flexibility index (Phi) is 6.86. The highest BCUT2D eigenvalue weighted by molar-refractivity contribution is 8.00. The van der Waals surface area contributed by atoms with Gasteiger partial charge in [0.25, 0.3) is 0 Å². The van der Waals surface area contributed by atoms with Crippen molar-refractivity contribution in [3.05, 3.63) is 0 Å². The Balaban J connectivity index is 1.88. The van der Waals surface area contributed by atoms with Gasteiger partial charge in [0.1, 0.15) is 0 Å². The minimum Gasteiger partial charge on any atom is -0.395 e. The van der Waals surface area contributed by atoms with Crippen molar-refractivity contribution in [3.8, 4) is 0 Å². The molecule has 0 aromatic rings. The number of β-amino-alcohol motifs (C(OH)–C–C–N with tert-alkyl or cyclic N) is 2. The molecule has 2 atom stereocenters. The molecule has 0 bridgehead atoms. The maximum absolute atomic E-state index is 9.15. The van der Waals surface area contributed by atoms with Gasteiger partial charge >= 0.3 is 0 Å². The number of rotatable bonds is 6. The van der Waals surface area contributed by atoms with E-state index in [4.69, 9.17) is 10.2 Å².